The normalized spacial score (nSPS) is 10.2. The number of hydrogen-bond donors (Lipinski definition) is 0. The maximum absolute atomic E-state index is 10.8. The molecule has 4 nitrogen and oxygen atoms in total. The highest BCUT2D eigenvalue weighted by atomic mass is 32.1. The maximum atomic E-state index is 10.8. The third-order valence-corrected chi connectivity index (χ3v) is 2.59. The van der Waals surface area contributed by atoms with E-state index in [4.69, 9.17) is 12.6 Å². The molecule has 1 heterocycles. The zero-order valence-electron chi connectivity index (χ0n) is 9.01. The molecule has 0 radical (unpaired) electrons. The highest BCUT2D eigenvalue weighted by molar-refractivity contribution is 7.58. The summed E-state index contributed by atoms with van der Waals surface area (Å²) in [7, 11) is 0. The Morgan fingerprint density at radius 2 is 1.88 bits per heavy atom. The van der Waals surface area contributed by atoms with Gasteiger partial charge in [0.05, 0.1) is 5.97 Å². The summed E-state index contributed by atoms with van der Waals surface area (Å²) in [5, 5.41) is 10.8. The molecular formula is C12H8N2O2S-2. The molecule has 0 amide bonds. The van der Waals surface area contributed by atoms with Crippen LogP contribution in [0.1, 0.15) is 16.1 Å². The number of aryl methyl sites for hydroxylation is 1. The summed E-state index contributed by atoms with van der Waals surface area (Å²) in [5.41, 5.74) is 1.01. The fraction of sp³-hybridized carbons (Fsp3) is 0.0833. The second kappa shape index (κ2) is 4.47. The molecule has 0 bridgehead atoms. The Morgan fingerprint density at radius 3 is 2.41 bits per heavy atom. The van der Waals surface area contributed by atoms with Gasteiger partial charge in [-0.15, -0.1) is 0 Å². The van der Waals surface area contributed by atoms with Crippen LogP contribution in [0.25, 0.3) is 11.4 Å². The molecule has 0 fully saturated rings. The molecule has 86 valence electrons. The van der Waals surface area contributed by atoms with Gasteiger partial charge in [0.25, 0.3) is 0 Å². The lowest BCUT2D eigenvalue weighted by molar-refractivity contribution is -0.255. The van der Waals surface area contributed by atoms with Gasteiger partial charge in [0, 0.05) is 16.8 Å². The topological polar surface area (TPSA) is 65.9 Å². The first-order chi connectivity index (χ1) is 8.09. The van der Waals surface area contributed by atoms with E-state index in [1.165, 1.54) is 0 Å². The summed E-state index contributed by atoms with van der Waals surface area (Å²) >= 11 is 4.93. The van der Waals surface area contributed by atoms with Crippen LogP contribution in [0.2, 0.25) is 0 Å². The largest absolute Gasteiger partial charge is 0.759 e. The number of aromatic carboxylic acids is 1. The summed E-state index contributed by atoms with van der Waals surface area (Å²) in [6.07, 6.45) is 0. The van der Waals surface area contributed by atoms with Gasteiger partial charge in [-0.1, -0.05) is 35.4 Å². The van der Waals surface area contributed by atoms with Gasteiger partial charge >= 0.3 is 0 Å². The molecule has 5 heteroatoms. The van der Waals surface area contributed by atoms with Crippen molar-refractivity contribution in [2.45, 2.75) is 11.9 Å². The molecular weight excluding hydrogens is 236 g/mol. The maximum Gasteiger partial charge on any atom is 0.157 e. The molecule has 0 atom stereocenters. The lowest BCUT2D eigenvalue weighted by Gasteiger charge is -2.17. The lowest BCUT2D eigenvalue weighted by Crippen LogP contribution is -2.25. The quantitative estimate of drug-likeness (QED) is 0.575. The van der Waals surface area contributed by atoms with Crippen LogP contribution >= 0.6 is 0 Å². The third kappa shape index (κ3) is 2.24. The van der Waals surface area contributed by atoms with Crippen molar-refractivity contribution in [3.05, 3.63) is 41.6 Å². The summed E-state index contributed by atoms with van der Waals surface area (Å²) in [4.78, 5) is 19.0. The number of benzene rings is 1. The van der Waals surface area contributed by atoms with Gasteiger partial charge in [-0.2, -0.15) is 0 Å². The molecule has 0 unspecified atom stereocenters. The summed E-state index contributed by atoms with van der Waals surface area (Å²) in [5.74, 6) is -0.912. The van der Waals surface area contributed by atoms with E-state index in [-0.39, 0.29) is 10.6 Å². The van der Waals surface area contributed by atoms with Crippen molar-refractivity contribution in [2.75, 3.05) is 0 Å². The van der Waals surface area contributed by atoms with Gasteiger partial charge < -0.3 is 22.5 Å². The first kappa shape index (κ1) is 11.5. The van der Waals surface area contributed by atoms with E-state index in [0.29, 0.717) is 11.5 Å². The van der Waals surface area contributed by atoms with Crippen LogP contribution in [-0.4, -0.2) is 15.9 Å². The third-order valence-electron chi connectivity index (χ3n) is 2.29. The van der Waals surface area contributed by atoms with Crippen LogP contribution in [0.3, 0.4) is 0 Å². The van der Waals surface area contributed by atoms with Crippen molar-refractivity contribution in [1.82, 2.24) is 9.97 Å². The number of rotatable bonds is 2. The van der Waals surface area contributed by atoms with Crippen LogP contribution in [-0.2, 0) is 12.6 Å². The average molecular weight is 244 g/mol. The predicted octanol–water partition coefficient (Wildman–Crippen LogP) is 0.721. The van der Waals surface area contributed by atoms with Crippen molar-refractivity contribution < 1.29 is 9.90 Å². The molecule has 0 saturated carbocycles. The molecule has 17 heavy (non-hydrogen) atoms. The molecule has 2 aromatic rings. The van der Waals surface area contributed by atoms with Crippen LogP contribution in [0.4, 0.5) is 0 Å². The van der Waals surface area contributed by atoms with Gasteiger partial charge in [0.1, 0.15) is 0 Å². The van der Waals surface area contributed by atoms with Gasteiger partial charge in [-0.05, 0) is 6.92 Å². The Balaban J connectivity index is 2.57. The highest BCUT2D eigenvalue weighted by Gasteiger charge is 2.06. The Morgan fingerprint density at radius 1 is 1.24 bits per heavy atom. The number of carbonyl (C=O) groups excluding carboxylic acids is 1. The molecule has 2 rings (SSSR count). The Labute approximate surface area is 104 Å². The fourth-order valence-electron chi connectivity index (χ4n) is 1.50. The fourth-order valence-corrected chi connectivity index (χ4v) is 1.82. The number of carboxylic acids is 1. The summed E-state index contributed by atoms with van der Waals surface area (Å²) in [6.45, 7) is 1.58. The highest BCUT2D eigenvalue weighted by Crippen LogP contribution is 2.18. The van der Waals surface area contributed by atoms with E-state index in [1.807, 2.05) is 30.3 Å². The molecule has 0 saturated heterocycles. The molecule has 1 aromatic carbocycles. The molecule has 1 aromatic heterocycles. The monoisotopic (exact) mass is 244 g/mol. The molecule has 0 N–H and O–H groups in total. The van der Waals surface area contributed by atoms with E-state index in [9.17, 15) is 9.90 Å². The van der Waals surface area contributed by atoms with Crippen LogP contribution in [0, 0.1) is 6.92 Å². The lowest BCUT2D eigenvalue weighted by atomic mass is 10.2. The van der Waals surface area contributed by atoms with Gasteiger partial charge in [-0.25, -0.2) is 4.98 Å². The Hall–Kier alpha value is -2.01. The van der Waals surface area contributed by atoms with Crippen molar-refractivity contribution in [3.8, 4) is 11.4 Å². The number of nitrogens with zero attached hydrogens (tertiary/aromatic N) is 2. The van der Waals surface area contributed by atoms with Crippen molar-refractivity contribution in [1.29, 1.82) is 0 Å². The van der Waals surface area contributed by atoms with E-state index in [1.54, 1.807) is 6.92 Å². The van der Waals surface area contributed by atoms with Gasteiger partial charge in [0.2, 0.25) is 0 Å². The van der Waals surface area contributed by atoms with Crippen LogP contribution in [0.15, 0.2) is 35.4 Å². The predicted molar refractivity (Wildman–Crippen MR) is 62.2 cm³/mol. The molecule has 0 spiro atoms. The molecule has 0 aliphatic heterocycles. The number of hydrogen-bond acceptors (Lipinski definition) is 5. The van der Waals surface area contributed by atoms with Crippen LogP contribution < -0.4 is 5.11 Å². The first-order valence-electron chi connectivity index (χ1n) is 4.92. The van der Waals surface area contributed by atoms with E-state index < -0.39 is 5.97 Å². The van der Waals surface area contributed by atoms with E-state index in [2.05, 4.69) is 9.97 Å². The molecule has 0 aliphatic carbocycles. The summed E-state index contributed by atoms with van der Waals surface area (Å²) in [6, 6.07) is 9.25. The van der Waals surface area contributed by atoms with Crippen molar-refractivity contribution in [2.24, 2.45) is 0 Å². The average Bonchev–Trinajstić information content (AvgIpc) is 2.28. The standard InChI is InChI=1S/C12H10N2O2S/c1-7-9(12(15)16)11(17)14-10(13-7)8-5-3-2-4-6-8/h2-6H,1H3,(H,15,16)(H,13,14,17)/p-2. The zero-order chi connectivity index (χ0) is 12.4. The summed E-state index contributed by atoms with van der Waals surface area (Å²) < 4.78 is 0. The second-order valence-corrected chi connectivity index (χ2v) is 3.85. The number of aromatic nitrogens is 2. The van der Waals surface area contributed by atoms with E-state index >= 15 is 0 Å². The zero-order valence-corrected chi connectivity index (χ0v) is 9.82. The van der Waals surface area contributed by atoms with E-state index in [0.717, 1.165) is 5.56 Å². The van der Waals surface area contributed by atoms with Gasteiger partial charge in [0.15, 0.2) is 5.82 Å². The number of carbonyl (C=O) groups is 1. The van der Waals surface area contributed by atoms with Gasteiger partial charge in [-0.3, -0.25) is 4.98 Å². The van der Waals surface area contributed by atoms with Crippen LogP contribution in [0.5, 0.6) is 0 Å². The smallest absolute Gasteiger partial charge is 0.157 e. The second-order valence-electron chi connectivity index (χ2n) is 3.47. The minimum absolute atomic E-state index is 0.0105. The van der Waals surface area contributed by atoms with Crippen molar-refractivity contribution in [3.63, 3.8) is 0 Å². The Kier molecular flexibility index (Phi) is 3.01. The SMILES string of the molecule is Cc1nc(-c2ccccc2)nc([S-])c1C(=O)[O-]. The minimum Gasteiger partial charge on any atom is -0.759 e. The number of carboxylic acid groups (broad SMARTS) is 1. The van der Waals surface area contributed by atoms with Crippen molar-refractivity contribution >= 4 is 18.6 Å². The Bertz CT molecular complexity index is 547. The first-order valence-corrected chi connectivity index (χ1v) is 5.33. The minimum atomic E-state index is -1.34. The molecule has 0 aliphatic rings.